The molecule has 0 radical (unpaired) electrons. The molecule has 2 N–H and O–H groups in total. The Kier molecular flexibility index (Phi) is 3.60. The number of carbonyl (C=O) groups excluding carboxylic acids is 1. The summed E-state index contributed by atoms with van der Waals surface area (Å²) in [5.74, 6) is -1.26. The Morgan fingerprint density at radius 2 is 2.05 bits per heavy atom. The molecule has 0 spiro atoms. The molecule has 7 heteroatoms. The molecule has 1 heterocycles. The molecule has 1 amide bonds. The molecule has 1 saturated heterocycles. The first-order chi connectivity index (χ1) is 9.10. The Hall–Kier alpha value is -1.47. The van der Waals surface area contributed by atoms with E-state index in [1.807, 2.05) is 0 Å². The topological polar surface area (TPSA) is 80.5 Å². The minimum atomic E-state index is -4.18. The van der Waals surface area contributed by atoms with Crippen molar-refractivity contribution < 1.29 is 17.6 Å². The number of halogens is 1. The summed E-state index contributed by atoms with van der Waals surface area (Å²) in [5.41, 5.74) is 0.173. The van der Waals surface area contributed by atoms with E-state index in [4.69, 9.17) is 5.14 Å². The Morgan fingerprint density at radius 1 is 1.40 bits per heavy atom. The van der Waals surface area contributed by atoms with Gasteiger partial charge in [-0.15, -0.1) is 0 Å². The lowest BCUT2D eigenvalue weighted by Gasteiger charge is -2.20. The third kappa shape index (κ3) is 2.99. The zero-order chi connectivity index (χ0) is 15.1. The third-order valence-corrected chi connectivity index (χ3v) is 4.38. The highest BCUT2D eigenvalue weighted by atomic mass is 32.2. The molecule has 1 aliphatic heterocycles. The molecular weight excluding hydrogens is 283 g/mol. The normalized spacial score (nSPS) is 18.3. The smallest absolute Gasteiger partial charge is 0.253 e. The Labute approximate surface area is 117 Å². The lowest BCUT2D eigenvalue weighted by molar-refractivity contribution is 0.0778. The molecule has 1 aliphatic rings. The van der Waals surface area contributed by atoms with E-state index in [9.17, 15) is 17.6 Å². The maximum Gasteiger partial charge on any atom is 0.253 e. The molecular formula is C13H17FN2O3S. The number of sulfonamides is 1. The molecule has 0 aliphatic carbocycles. The molecule has 110 valence electrons. The predicted molar refractivity (Wildman–Crippen MR) is 72.1 cm³/mol. The summed E-state index contributed by atoms with van der Waals surface area (Å²) in [6.07, 6.45) is 0.877. The van der Waals surface area contributed by atoms with Crippen LogP contribution in [0.3, 0.4) is 0 Å². The van der Waals surface area contributed by atoms with Crippen molar-refractivity contribution >= 4 is 15.9 Å². The fourth-order valence-corrected chi connectivity index (χ4v) is 2.95. The standard InChI is InChI=1S/C13H17FN2O3S/c1-13(2)5-6-16(8-13)12(17)9-3-4-10(14)11(7-9)20(15,18)19/h3-4,7H,5-6,8H2,1-2H3,(H2,15,18,19). The van der Waals surface area contributed by atoms with Gasteiger partial charge in [0.1, 0.15) is 10.7 Å². The molecule has 2 rings (SSSR count). The van der Waals surface area contributed by atoms with Crippen LogP contribution < -0.4 is 5.14 Å². The molecule has 0 unspecified atom stereocenters. The maximum atomic E-state index is 13.4. The van der Waals surface area contributed by atoms with Gasteiger partial charge in [0.05, 0.1) is 0 Å². The van der Waals surface area contributed by atoms with Gasteiger partial charge >= 0.3 is 0 Å². The van der Waals surface area contributed by atoms with Gasteiger partial charge in [0.25, 0.3) is 5.91 Å². The highest BCUT2D eigenvalue weighted by Gasteiger charge is 2.32. The zero-order valence-corrected chi connectivity index (χ0v) is 12.2. The average Bonchev–Trinajstić information content (AvgIpc) is 2.68. The largest absolute Gasteiger partial charge is 0.338 e. The SMILES string of the molecule is CC1(C)CCN(C(=O)c2ccc(F)c(S(N)(=O)=O)c2)C1. The molecule has 20 heavy (non-hydrogen) atoms. The van der Waals surface area contributed by atoms with E-state index in [0.717, 1.165) is 18.6 Å². The van der Waals surface area contributed by atoms with E-state index < -0.39 is 20.7 Å². The van der Waals surface area contributed by atoms with Crippen molar-refractivity contribution in [2.24, 2.45) is 10.6 Å². The van der Waals surface area contributed by atoms with Crippen LogP contribution in [0.5, 0.6) is 0 Å². The zero-order valence-electron chi connectivity index (χ0n) is 11.4. The van der Waals surface area contributed by atoms with Crippen molar-refractivity contribution in [3.8, 4) is 0 Å². The number of nitrogens with zero attached hydrogens (tertiary/aromatic N) is 1. The van der Waals surface area contributed by atoms with E-state index in [-0.39, 0.29) is 16.9 Å². The minimum Gasteiger partial charge on any atom is -0.338 e. The van der Waals surface area contributed by atoms with Crippen molar-refractivity contribution in [3.05, 3.63) is 29.6 Å². The molecule has 1 aromatic rings. The van der Waals surface area contributed by atoms with E-state index in [0.29, 0.717) is 13.1 Å². The number of carbonyl (C=O) groups is 1. The van der Waals surface area contributed by atoms with Gasteiger partial charge in [-0.2, -0.15) is 0 Å². The Bertz CT molecular complexity index is 656. The second kappa shape index (κ2) is 4.82. The number of primary sulfonamides is 1. The lowest BCUT2D eigenvalue weighted by Crippen LogP contribution is -2.30. The van der Waals surface area contributed by atoms with Crippen molar-refractivity contribution in [3.63, 3.8) is 0 Å². The fourth-order valence-electron chi connectivity index (χ4n) is 2.32. The van der Waals surface area contributed by atoms with Gasteiger partial charge in [-0.3, -0.25) is 4.79 Å². The summed E-state index contributed by atoms with van der Waals surface area (Å²) in [7, 11) is -4.18. The minimum absolute atomic E-state index is 0.0401. The van der Waals surface area contributed by atoms with Crippen molar-refractivity contribution in [2.75, 3.05) is 13.1 Å². The van der Waals surface area contributed by atoms with Gasteiger partial charge in [-0.1, -0.05) is 13.8 Å². The van der Waals surface area contributed by atoms with Gasteiger partial charge in [0.15, 0.2) is 0 Å². The number of hydrogen-bond acceptors (Lipinski definition) is 3. The van der Waals surface area contributed by atoms with Crippen LogP contribution in [0.15, 0.2) is 23.1 Å². The second-order valence-electron chi connectivity index (χ2n) is 5.83. The molecule has 0 aromatic heterocycles. The number of benzene rings is 1. The van der Waals surface area contributed by atoms with E-state index in [2.05, 4.69) is 13.8 Å². The van der Waals surface area contributed by atoms with Crippen LogP contribution in [0, 0.1) is 11.2 Å². The van der Waals surface area contributed by atoms with Crippen LogP contribution in [0.2, 0.25) is 0 Å². The first-order valence-electron chi connectivity index (χ1n) is 6.22. The van der Waals surface area contributed by atoms with Gasteiger partial charge in [-0.25, -0.2) is 17.9 Å². The lowest BCUT2D eigenvalue weighted by atomic mass is 9.93. The maximum absolute atomic E-state index is 13.4. The highest BCUT2D eigenvalue weighted by Crippen LogP contribution is 2.30. The summed E-state index contributed by atoms with van der Waals surface area (Å²) in [5, 5.41) is 4.93. The highest BCUT2D eigenvalue weighted by molar-refractivity contribution is 7.89. The summed E-state index contributed by atoms with van der Waals surface area (Å²) in [6, 6.07) is 3.23. The molecule has 0 atom stereocenters. The van der Waals surface area contributed by atoms with Crippen LogP contribution in [0.25, 0.3) is 0 Å². The average molecular weight is 300 g/mol. The predicted octanol–water partition coefficient (Wildman–Crippen LogP) is 1.35. The third-order valence-electron chi connectivity index (χ3n) is 3.45. The molecule has 0 bridgehead atoms. The van der Waals surface area contributed by atoms with Crippen molar-refractivity contribution in [1.29, 1.82) is 0 Å². The van der Waals surface area contributed by atoms with Gasteiger partial charge in [0, 0.05) is 18.7 Å². The van der Waals surface area contributed by atoms with Gasteiger partial charge in [-0.05, 0) is 30.0 Å². The number of amides is 1. The van der Waals surface area contributed by atoms with E-state index in [1.165, 1.54) is 6.07 Å². The first-order valence-corrected chi connectivity index (χ1v) is 7.76. The van der Waals surface area contributed by atoms with E-state index >= 15 is 0 Å². The quantitative estimate of drug-likeness (QED) is 0.895. The summed E-state index contributed by atoms with van der Waals surface area (Å²) < 4.78 is 36.0. The van der Waals surface area contributed by atoms with Gasteiger partial charge in [0.2, 0.25) is 10.0 Å². The molecule has 1 aromatic carbocycles. The Morgan fingerprint density at radius 3 is 2.55 bits per heavy atom. The van der Waals surface area contributed by atoms with Crippen LogP contribution in [0.4, 0.5) is 4.39 Å². The van der Waals surface area contributed by atoms with Crippen LogP contribution in [-0.4, -0.2) is 32.3 Å². The molecule has 0 saturated carbocycles. The number of rotatable bonds is 2. The van der Waals surface area contributed by atoms with E-state index in [1.54, 1.807) is 4.90 Å². The molecule has 5 nitrogen and oxygen atoms in total. The van der Waals surface area contributed by atoms with Crippen LogP contribution in [-0.2, 0) is 10.0 Å². The number of likely N-dealkylation sites (tertiary alicyclic amines) is 1. The molecule has 1 fully saturated rings. The summed E-state index contributed by atoms with van der Waals surface area (Å²) >= 11 is 0. The van der Waals surface area contributed by atoms with Crippen LogP contribution >= 0.6 is 0 Å². The van der Waals surface area contributed by atoms with Crippen molar-refractivity contribution in [1.82, 2.24) is 4.90 Å². The Balaban J connectivity index is 2.33. The van der Waals surface area contributed by atoms with Gasteiger partial charge < -0.3 is 4.90 Å². The number of hydrogen-bond donors (Lipinski definition) is 1. The first kappa shape index (κ1) is 14.9. The monoisotopic (exact) mass is 300 g/mol. The second-order valence-corrected chi connectivity index (χ2v) is 7.36. The van der Waals surface area contributed by atoms with Crippen molar-refractivity contribution in [2.45, 2.75) is 25.2 Å². The fraction of sp³-hybridized carbons (Fsp3) is 0.462. The summed E-state index contributed by atoms with van der Waals surface area (Å²) in [6.45, 7) is 5.31. The summed E-state index contributed by atoms with van der Waals surface area (Å²) in [4.78, 5) is 13.3. The number of nitrogens with two attached hydrogens (primary N) is 1. The van der Waals surface area contributed by atoms with Crippen LogP contribution in [0.1, 0.15) is 30.6 Å².